The van der Waals surface area contributed by atoms with Crippen molar-refractivity contribution < 1.29 is 9.84 Å². The summed E-state index contributed by atoms with van der Waals surface area (Å²) in [6.07, 6.45) is 2.02. The van der Waals surface area contributed by atoms with E-state index in [4.69, 9.17) is 16.3 Å². The van der Waals surface area contributed by atoms with Crippen molar-refractivity contribution in [2.45, 2.75) is 18.9 Å². The van der Waals surface area contributed by atoms with Crippen molar-refractivity contribution in [2.75, 3.05) is 25.1 Å². The van der Waals surface area contributed by atoms with Crippen molar-refractivity contribution in [3.05, 3.63) is 27.7 Å². The Morgan fingerprint density at radius 1 is 1.50 bits per heavy atom. The fraction of sp³-hybridized carbons (Fsp3) is 0.538. The number of halogens is 2. The lowest BCUT2D eigenvalue weighted by Gasteiger charge is -2.14. The van der Waals surface area contributed by atoms with E-state index in [1.807, 2.05) is 18.2 Å². The summed E-state index contributed by atoms with van der Waals surface area (Å²) < 4.78 is 6.36. The van der Waals surface area contributed by atoms with Crippen LogP contribution < -0.4 is 5.32 Å². The van der Waals surface area contributed by atoms with Crippen LogP contribution in [0.3, 0.4) is 0 Å². The molecule has 0 amide bonds. The molecule has 0 spiro atoms. The molecule has 0 saturated heterocycles. The van der Waals surface area contributed by atoms with E-state index in [1.165, 1.54) is 12.8 Å². The van der Waals surface area contributed by atoms with Crippen LogP contribution in [0.5, 0.6) is 0 Å². The molecule has 100 valence electrons. The predicted octanol–water partition coefficient (Wildman–Crippen LogP) is 3.30. The average Bonchev–Trinajstić information content (AvgIpc) is 3.12. The number of aliphatic hydroxyl groups is 1. The van der Waals surface area contributed by atoms with Gasteiger partial charge in [0.15, 0.2) is 0 Å². The molecule has 1 aliphatic rings. The molecule has 2 rings (SSSR count). The maximum absolute atomic E-state index is 9.75. The van der Waals surface area contributed by atoms with Gasteiger partial charge in [-0.3, -0.25) is 0 Å². The molecule has 0 heterocycles. The fourth-order valence-electron chi connectivity index (χ4n) is 1.57. The van der Waals surface area contributed by atoms with E-state index in [0.717, 1.165) is 22.7 Å². The summed E-state index contributed by atoms with van der Waals surface area (Å²) in [6, 6.07) is 5.61. The summed E-state index contributed by atoms with van der Waals surface area (Å²) in [5, 5.41) is 13.5. The van der Waals surface area contributed by atoms with Crippen LogP contribution in [0.25, 0.3) is 0 Å². The van der Waals surface area contributed by atoms with Gasteiger partial charge in [-0.2, -0.15) is 0 Å². The number of anilines is 1. The zero-order valence-corrected chi connectivity index (χ0v) is 12.4. The van der Waals surface area contributed by atoms with Crippen LogP contribution in [0.4, 0.5) is 5.69 Å². The largest absolute Gasteiger partial charge is 0.389 e. The molecule has 1 atom stereocenters. The summed E-state index contributed by atoms with van der Waals surface area (Å²) >= 11 is 9.41. The Labute approximate surface area is 121 Å². The van der Waals surface area contributed by atoms with Gasteiger partial charge in [-0.25, -0.2) is 0 Å². The maximum atomic E-state index is 9.75. The van der Waals surface area contributed by atoms with Gasteiger partial charge >= 0.3 is 0 Å². The molecule has 1 saturated carbocycles. The highest BCUT2D eigenvalue weighted by molar-refractivity contribution is 9.10. The number of rotatable bonds is 7. The first kappa shape index (κ1) is 14.1. The Balaban J connectivity index is 1.68. The van der Waals surface area contributed by atoms with Crippen molar-refractivity contribution in [1.82, 2.24) is 0 Å². The van der Waals surface area contributed by atoms with Crippen LogP contribution in [0.1, 0.15) is 12.8 Å². The number of benzene rings is 1. The lowest BCUT2D eigenvalue weighted by molar-refractivity contribution is 0.0386. The van der Waals surface area contributed by atoms with E-state index in [-0.39, 0.29) is 0 Å². The predicted molar refractivity (Wildman–Crippen MR) is 77.2 cm³/mol. The van der Waals surface area contributed by atoms with Crippen molar-refractivity contribution in [2.24, 2.45) is 5.92 Å². The topological polar surface area (TPSA) is 41.5 Å². The van der Waals surface area contributed by atoms with Crippen LogP contribution >= 0.6 is 27.5 Å². The molecule has 0 bridgehead atoms. The van der Waals surface area contributed by atoms with Gasteiger partial charge in [-0.15, -0.1) is 0 Å². The summed E-state index contributed by atoms with van der Waals surface area (Å²) in [4.78, 5) is 0. The first-order chi connectivity index (χ1) is 8.65. The van der Waals surface area contributed by atoms with E-state index < -0.39 is 6.10 Å². The van der Waals surface area contributed by atoms with Crippen molar-refractivity contribution in [1.29, 1.82) is 0 Å². The Morgan fingerprint density at radius 2 is 2.28 bits per heavy atom. The second-order valence-electron chi connectivity index (χ2n) is 4.64. The monoisotopic (exact) mass is 333 g/mol. The number of hydrogen-bond acceptors (Lipinski definition) is 3. The van der Waals surface area contributed by atoms with Gasteiger partial charge in [-0.05, 0) is 37.0 Å². The third-order valence-electron chi connectivity index (χ3n) is 2.82. The number of ether oxygens (including phenoxy) is 1. The molecule has 0 aliphatic heterocycles. The molecule has 1 fully saturated rings. The van der Waals surface area contributed by atoms with E-state index in [9.17, 15) is 5.11 Å². The lowest BCUT2D eigenvalue weighted by atomic mass is 10.3. The molecule has 5 heteroatoms. The quantitative estimate of drug-likeness (QED) is 0.804. The third kappa shape index (κ3) is 4.76. The Hall–Kier alpha value is -0.290. The van der Waals surface area contributed by atoms with Crippen molar-refractivity contribution in [3.63, 3.8) is 0 Å². The third-order valence-corrected chi connectivity index (χ3v) is 3.63. The number of hydrogen-bond donors (Lipinski definition) is 2. The summed E-state index contributed by atoms with van der Waals surface area (Å²) in [5.41, 5.74) is 0.820. The lowest BCUT2D eigenvalue weighted by Crippen LogP contribution is -2.25. The molecule has 1 aromatic carbocycles. The zero-order chi connectivity index (χ0) is 13.0. The standard InChI is InChI=1S/C13H17BrClNO2/c14-10-3-4-13(12(15)5-10)16-6-11(17)8-18-7-9-1-2-9/h3-5,9,11,16-17H,1-2,6-8H2. The summed E-state index contributed by atoms with van der Waals surface area (Å²) in [6.45, 7) is 1.58. The first-order valence-corrected chi connectivity index (χ1v) is 7.27. The average molecular weight is 335 g/mol. The molecule has 3 nitrogen and oxygen atoms in total. The minimum Gasteiger partial charge on any atom is -0.389 e. The Kier molecular flexibility index (Phi) is 5.30. The van der Waals surface area contributed by atoms with Gasteiger partial charge in [0.2, 0.25) is 0 Å². The molecule has 2 N–H and O–H groups in total. The number of nitrogens with one attached hydrogen (secondary N) is 1. The van der Waals surface area contributed by atoms with Gasteiger partial charge < -0.3 is 15.2 Å². The van der Waals surface area contributed by atoms with Gasteiger partial charge in [0.1, 0.15) is 0 Å². The smallest absolute Gasteiger partial charge is 0.0945 e. The van der Waals surface area contributed by atoms with Crippen LogP contribution in [0, 0.1) is 5.92 Å². The second-order valence-corrected chi connectivity index (χ2v) is 5.96. The van der Waals surface area contributed by atoms with Crippen LogP contribution in [-0.4, -0.2) is 31.0 Å². The second kappa shape index (κ2) is 6.75. The van der Waals surface area contributed by atoms with Gasteiger partial charge in [-0.1, -0.05) is 27.5 Å². The van der Waals surface area contributed by atoms with Crippen molar-refractivity contribution >= 4 is 33.2 Å². The van der Waals surface area contributed by atoms with Crippen LogP contribution in [-0.2, 0) is 4.74 Å². The summed E-state index contributed by atoms with van der Waals surface area (Å²) in [7, 11) is 0. The van der Waals surface area contributed by atoms with Crippen molar-refractivity contribution in [3.8, 4) is 0 Å². The highest BCUT2D eigenvalue weighted by atomic mass is 79.9. The minimum absolute atomic E-state index is 0.373. The van der Waals surface area contributed by atoms with E-state index >= 15 is 0 Å². The molecular formula is C13H17BrClNO2. The van der Waals surface area contributed by atoms with E-state index in [1.54, 1.807) is 0 Å². The maximum Gasteiger partial charge on any atom is 0.0945 e. The van der Waals surface area contributed by atoms with Crippen LogP contribution in [0.15, 0.2) is 22.7 Å². The highest BCUT2D eigenvalue weighted by Crippen LogP contribution is 2.28. The van der Waals surface area contributed by atoms with Gasteiger partial charge in [0.25, 0.3) is 0 Å². The normalized spacial score (nSPS) is 16.6. The molecular weight excluding hydrogens is 318 g/mol. The SMILES string of the molecule is OC(CNc1ccc(Br)cc1Cl)COCC1CC1. The van der Waals surface area contributed by atoms with Gasteiger partial charge in [0, 0.05) is 17.6 Å². The number of aliphatic hydroxyl groups excluding tert-OH is 1. The molecule has 0 aromatic heterocycles. The van der Waals surface area contributed by atoms with E-state index in [2.05, 4.69) is 21.2 Å². The fourth-order valence-corrected chi connectivity index (χ4v) is 2.32. The molecule has 1 aliphatic carbocycles. The molecule has 1 aromatic rings. The molecule has 18 heavy (non-hydrogen) atoms. The zero-order valence-electron chi connectivity index (χ0n) is 10.0. The van der Waals surface area contributed by atoms with Crippen LogP contribution in [0.2, 0.25) is 5.02 Å². The van der Waals surface area contributed by atoms with E-state index in [0.29, 0.717) is 18.2 Å². The summed E-state index contributed by atoms with van der Waals surface area (Å²) in [5.74, 6) is 0.728. The molecule has 0 radical (unpaired) electrons. The Morgan fingerprint density at radius 3 is 2.94 bits per heavy atom. The van der Waals surface area contributed by atoms with Gasteiger partial charge in [0.05, 0.1) is 23.4 Å². The first-order valence-electron chi connectivity index (χ1n) is 6.10. The Bertz CT molecular complexity index is 399. The molecule has 1 unspecified atom stereocenters. The highest BCUT2D eigenvalue weighted by Gasteiger charge is 2.21. The minimum atomic E-state index is -0.511.